The molecule has 1 aliphatic carbocycles. The lowest BCUT2D eigenvalue weighted by atomic mass is 9.85. The summed E-state index contributed by atoms with van der Waals surface area (Å²) in [6, 6.07) is 1.43. The zero-order valence-electron chi connectivity index (χ0n) is 8.54. The third kappa shape index (κ3) is 2.20. The SMILES string of the molecule is O=C(O)c1cc(C2CCC(F)(F)CC2)[nH]n1. The average molecular weight is 230 g/mol. The first kappa shape index (κ1) is 11.0. The first-order chi connectivity index (χ1) is 7.48. The van der Waals surface area contributed by atoms with Crippen molar-refractivity contribution in [3.05, 3.63) is 17.5 Å². The van der Waals surface area contributed by atoms with Crippen LogP contribution in [0, 0.1) is 0 Å². The van der Waals surface area contributed by atoms with Gasteiger partial charge in [-0.1, -0.05) is 0 Å². The van der Waals surface area contributed by atoms with Crippen molar-refractivity contribution in [3.8, 4) is 0 Å². The number of hydrogen-bond acceptors (Lipinski definition) is 2. The summed E-state index contributed by atoms with van der Waals surface area (Å²) in [7, 11) is 0. The molecule has 0 saturated heterocycles. The van der Waals surface area contributed by atoms with Crippen molar-refractivity contribution in [1.29, 1.82) is 0 Å². The van der Waals surface area contributed by atoms with Gasteiger partial charge in [-0.2, -0.15) is 5.10 Å². The minimum Gasteiger partial charge on any atom is -0.476 e. The highest BCUT2D eigenvalue weighted by atomic mass is 19.3. The molecule has 0 radical (unpaired) electrons. The Morgan fingerprint density at radius 3 is 2.62 bits per heavy atom. The summed E-state index contributed by atoms with van der Waals surface area (Å²) in [6.07, 6.45) is 0.459. The van der Waals surface area contributed by atoms with Gasteiger partial charge in [-0.25, -0.2) is 13.6 Å². The molecule has 1 fully saturated rings. The number of nitrogens with one attached hydrogen (secondary N) is 1. The van der Waals surface area contributed by atoms with Crippen molar-refractivity contribution in [2.24, 2.45) is 0 Å². The van der Waals surface area contributed by atoms with Gasteiger partial charge in [0.2, 0.25) is 5.92 Å². The number of rotatable bonds is 2. The Morgan fingerprint density at radius 2 is 2.12 bits per heavy atom. The second kappa shape index (κ2) is 3.84. The zero-order chi connectivity index (χ0) is 11.8. The predicted molar refractivity (Wildman–Crippen MR) is 51.7 cm³/mol. The molecule has 0 atom stereocenters. The summed E-state index contributed by atoms with van der Waals surface area (Å²) in [5.74, 6) is -3.70. The molecule has 88 valence electrons. The summed E-state index contributed by atoms with van der Waals surface area (Å²) < 4.78 is 25.8. The molecule has 0 spiro atoms. The van der Waals surface area contributed by atoms with Gasteiger partial charge in [0.25, 0.3) is 0 Å². The van der Waals surface area contributed by atoms with Crippen molar-refractivity contribution in [2.75, 3.05) is 0 Å². The summed E-state index contributed by atoms with van der Waals surface area (Å²) >= 11 is 0. The molecule has 0 amide bonds. The molecule has 1 aromatic rings. The summed E-state index contributed by atoms with van der Waals surface area (Å²) in [5.41, 5.74) is 0.584. The number of carboxylic acid groups (broad SMARTS) is 1. The molecule has 16 heavy (non-hydrogen) atoms. The molecule has 1 aromatic heterocycles. The smallest absolute Gasteiger partial charge is 0.356 e. The van der Waals surface area contributed by atoms with Gasteiger partial charge in [0.1, 0.15) is 0 Å². The van der Waals surface area contributed by atoms with Gasteiger partial charge < -0.3 is 5.11 Å². The fourth-order valence-corrected chi connectivity index (χ4v) is 2.01. The van der Waals surface area contributed by atoms with E-state index in [2.05, 4.69) is 10.2 Å². The van der Waals surface area contributed by atoms with Gasteiger partial charge in [-0.15, -0.1) is 0 Å². The van der Waals surface area contributed by atoms with Crippen LogP contribution in [0.3, 0.4) is 0 Å². The molecule has 0 aliphatic heterocycles. The number of H-pyrrole nitrogens is 1. The third-order valence-corrected chi connectivity index (χ3v) is 2.97. The number of alkyl halides is 2. The lowest BCUT2D eigenvalue weighted by Crippen LogP contribution is -2.23. The standard InChI is InChI=1S/C10H12F2N2O2/c11-10(12)3-1-6(2-4-10)7-5-8(9(15)16)14-13-7/h5-6H,1-4H2,(H,13,14)(H,15,16). The summed E-state index contributed by atoms with van der Waals surface area (Å²) in [5, 5.41) is 14.9. The fraction of sp³-hybridized carbons (Fsp3) is 0.600. The Morgan fingerprint density at radius 1 is 1.50 bits per heavy atom. The van der Waals surface area contributed by atoms with Gasteiger partial charge in [-0.05, 0) is 18.9 Å². The monoisotopic (exact) mass is 230 g/mol. The second-order valence-electron chi connectivity index (χ2n) is 4.14. The van der Waals surface area contributed by atoms with E-state index in [1.807, 2.05) is 0 Å². The number of carbonyl (C=O) groups is 1. The van der Waals surface area contributed by atoms with E-state index in [1.54, 1.807) is 0 Å². The van der Waals surface area contributed by atoms with Crippen LogP contribution >= 0.6 is 0 Å². The van der Waals surface area contributed by atoms with Crippen molar-refractivity contribution in [3.63, 3.8) is 0 Å². The van der Waals surface area contributed by atoms with E-state index in [0.717, 1.165) is 0 Å². The van der Waals surface area contributed by atoms with E-state index >= 15 is 0 Å². The van der Waals surface area contributed by atoms with E-state index in [4.69, 9.17) is 5.11 Å². The maximum atomic E-state index is 12.9. The van der Waals surface area contributed by atoms with Crippen LogP contribution in [0.5, 0.6) is 0 Å². The van der Waals surface area contributed by atoms with Gasteiger partial charge in [-0.3, -0.25) is 5.10 Å². The molecule has 1 aliphatic rings. The molecule has 0 bridgehead atoms. The van der Waals surface area contributed by atoms with E-state index < -0.39 is 11.9 Å². The van der Waals surface area contributed by atoms with Crippen LogP contribution < -0.4 is 0 Å². The van der Waals surface area contributed by atoms with E-state index in [9.17, 15) is 13.6 Å². The largest absolute Gasteiger partial charge is 0.476 e. The third-order valence-electron chi connectivity index (χ3n) is 2.97. The Balaban J connectivity index is 2.05. The highest BCUT2D eigenvalue weighted by Gasteiger charge is 2.36. The number of carboxylic acids is 1. The molecule has 0 aromatic carbocycles. The van der Waals surface area contributed by atoms with E-state index in [0.29, 0.717) is 18.5 Å². The molecule has 1 saturated carbocycles. The van der Waals surface area contributed by atoms with Crippen LogP contribution in [0.4, 0.5) is 8.78 Å². The zero-order valence-corrected chi connectivity index (χ0v) is 8.54. The minimum atomic E-state index is -2.56. The quantitative estimate of drug-likeness (QED) is 0.819. The second-order valence-corrected chi connectivity index (χ2v) is 4.14. The average Bonchev–Trinajstić information content (AvgIpc) is 2.66. The maximum absolute atomic E-state index is 12.9. The Labute approximate surface area is 90.7 Å². The molecular formula is C10H12F2N2O2. The Hall–Kier alpha value is -1.46. The van der Waals surface area contributed by atoms with Gasteiger partial charge in [0.05, 0.1) is 0 Å². The molecule has 6 heteroatoms. The number of hydrogen-bond donors (Lipinski definition) is 2. The van der Waals surface area contributed by atoms with Crippen LogP contribution in [-0.4, -0.2) is 27.2 Å². The van der Waals surface area contributed by atoms with Crippen LogP contribution in [0.25, 0.3) is 0 Å². The van der Waals surface area contributed by atoms with Crippen molar-refractivity contribution in [2.45, 2.75) is 37.5 Å². The highest BCUT2D eigenvalue weighted by Crippen LogP contribution is 2.40. The lowest BCUT2D eigenvalue weighted by molar-refractivity contribution is -0.0384. The molecule has 0 unspecified atom stereocenters. The van der Waals surface area contributed by atoms with Crippen LogP contribution in [0.2, 0.25) is 0 Å². The number of aromatic nitrogens is 2. The number of nitrogens with zero attached hydrogens (tertiary/aromatic N) is 1. The molecule has 2 rings (SSSR count). The number of halogens is 2. The van der Waals surface area contributed by atoms with Crippen LogP contribution in [-0.2, 0) is 0 Å². The van der Waals surface area contributed by atoms with Crippen molar-refractivity contribution in [1.82, 2.24) is 10.2 Å². The first-order valence-corrected chi connectivity index (χ1v) is 5.14. The minimum absolute atomic E-state index is 0.0276. The Bertz CT molecular complexity index is 393. The molecule has 1 heterocycles. The van der Waals surface area contributed by atoms with Gasteiger partial charge >= 0.3 is 5.97 Å². The Kier molecular flexibility index (Phi) is 2.65. The number of aromatic amines is 1. The van der Waals surface area contributed by atoms with Gasteiger partial charge in [0, 0.05) is 24.5 Å². The lowest BCUT2D eigenvalue weighted by Gasteiger charge is -2.27. The summed E-state index contributed by atoms with van der Waals surface area (Å²) in [4.78, 5) is 10.6. The van der Waals surface area contributed by atoms with Gasteiger partial charge in [0.15, 0.2) is 5.69 Å². The summed E-state index contributed by atoms with van der Waals surface area (Å²) in [6.45, 7) is 0. The topological polar surface area (TPSA) is 66.0 Å². The first-order valence-electron chi connectivity index (χ1n) is 5.14. The van der Waals surface area contributed by atoms with Crippen LogP contribution in [0.15, 0.2) is 6.07 Å². The van der Waals surface area contributed by atoms with Crippen molar-refractivity contribution >= 4 is 5.97 Å². The number of aromatic carboxylic acids is 1. The van der Waals surface area contributed by atoms with E-state index in [1.165, 1.54) is 6.07 Å². The fourth-order valence-electron chi connectivity index (χ4n) is 2.01. The van der Waals surface area contributed by atoms with Crippen molar-refractivity contribution < 1.29 is 18.7 Å². The molecule has 2 N–H and O–H groups in total. The molecular weight excluding hydrogens is 218 g/mol. The molecule has 4 nitrogen and oxygen atoms in total. The van der Waals surface area contributed by atoms with E-state index in [-0.39, 0.29) is 24.5 Å². The predicted octanol–water partition coefficient (Wildman–Crippen LogP) is 2.40. The normalized spacial score (nSPS) is 20.9. The maximum Gasteiger partial charge on any atom is 0.356 e. The highest BCUT2D eigenvalue weighted by molar-refractivity contribution is 5.85. The van der Waals surface area contributed by atoms with Crippen LogP contribution in [0.1, 0.15) is 47.8 Å².